The van der Waals surface area contributed by atoms with Gasteiger partial charge in [-0.3, -0.25) is 9.59 Å². The van der Waals surface area contributed by atoms with E-state index in [9.17, 15) is 9.59 Å². The van der Waals surface area contributed by atoms with E-state index in [4.69, 9.17) is 21.1 Å². The average Bonchev–Trinajstić information content (AvgIpc) is 2.81. The van der Waals surface area contributed by atoms with Gasteiger partial charge in [-0.25, -0.2) is 0 Å². The molecule has 0 saturated heterocycles. The predicted octanol–water partition coefficient (Wildman–Crippen LogP) is 4.02. The summed E-state index contributed by atoms with van der Waals surface area (Å²) in [6, 6.07) is 12.9. The molecule has 0 radical (unpaired) electrons. The molecule has 1 aliphatic rings. The summed E-state index contributed by atoms with van der Waals surface area (Å²) < 4.78 is 10.8. The number of fused-ring (bicyclic) bond motifs is 1. The maximum absolute atomic E-state index is 13.6. The van der Waals surface area contributed by atoms with Crippen LogP contribution in [-0.2, 0) is 14.3 Å². The summed E-state index contributed by atoms with van der Waals surface area (Å²) in [6.07, 6.45) is -0.964. The molecule has 6 nitrogen and oxygen atoms in total. The molecular formula is C22H25ClN2O4S. The summed E-state index contributed by atoms with van der Waals surface area (Å²) in [5, 5.41) is 0.162. The molecule has 2 aromatic rings. The monoisotopic (exact) mass is 448 g/mol. The maximum Gasteiger partial charge on any atom is 0.303 e. The molecule has 0 aliphatic carbocycles. The molecule has 0 aromatic heterocycles. The second-order valence-electron chi connectivity index (χ2n) is 7.25. The second-order valence-corrected chi connectivity index (χ2v) is 8.87. The highest BCUT2D eigenvalue weighted by Gasteiger charge is 2.40. The fourth-order valence-corrected chi connectivity index (χ4v) is 4.86. The quantitative estimate of drug-likeness (QED) is 0.622. The van der Waals surface area contributed by atoms with Gasteiger partial charge in [0.2, 0.25) is 0 Å². The largest absolute Gasteiger partial charge is 0.497 e. The lowest BCUT2D eigenvalue weighted by Gasteiger charge is -2.28. The van der Waals surface area contributed by atoms with E-state index in [1.165, 1.54) is 18.7 Å². The van der Waals surface area contributed by atoms with E-state index in [2.05, 4.69) is 0 Å². The number of anilines is 1. The zero-order chi connectivity index (χ0) is 21.8. The van der Waals surface area contributed by atoms with Crippen LogP contribution in [0.1, 0.15) is 17.7 Å². The van der Waals surface area contributed by atoms with Gasteiger partial charge < -0.3 is 19.3 Å². The third-order valence-corrected chi connectivity index (χ3v) is 6.35. The first-order valence-electron chi connectivity index (χ1n) is 9.53. The molecule has 1 amide bonds. The lowest BCUT2D eigenvalue weighted by Crippen LogP contribution is -2.45. The number of esters is 1. The smallest absolute Gasteiger partial charge is 0.303 e. The number of carbonyl (C=O) groups excluding carboxylic acids is 2. The number of hydrogen-bond acceptors (Lipinski definition) is 6. The number of methoxy groups -OCH3 is 1. The Labute approximate surface area is 186 Å². The van der Waals surface area contributed by atoms with Gasteiger partial charge in [-0.2, -0.15) is 0 Å². The van der Waals surface area contributed by atoms with Crippen LogP contribution < -0.4 is 9.64 Å². The Bertz CT molecular complexity index is 920. The van der Waals surface area contributed by atoms with Crippen LogP contribution in [-0.4, -0.2) is 57.2 Å². The molecule has 0 unspecified atom stereocenters. The summed E-state index contributed by atoms with van der Waals surface area (Å²) >= 11 is 7.74. The van der Waals surface area contributed by atoms with Crippen molar-refractivity contribution in [1.29, 1.82) is 0 Å². The highest BCUT2D eigenvalue weighted by atomic mass is 35.5. The third-order valence-electron chi connectivity index (χ3n) is 4.76. The first-order chi connectivity index (χ1) is 14.3. The molecule has 0 saturated carbocycles. The number of nitrogens with zero attached hydrogens (tertiary/aromatic N) is 2. The van der Waals surface area contributed by atoms with Gasteiger partial charge in [0.15, 0.2) is 6.10 Å². The number of rotatable bonds is 6. The van der Waals surface area contributed by atoms with E-state index in [1.807, 2.05) is 55.4 Å². The van der Waals surface area contributed by atoms with Gasteiger partial charge in [-0.05, 0) is 50.0 Å². The van der Waals surface area contributed by atoms with Crippen molar-refractivity contribution in [2.24, 2.45) is 0 Å². The molecular weight excluding hydrogens is 424 g/mol. The lowest BCUT2D eigenvalue weighted by molar-refractivity contribution is -0.152. The Morgan fingerprint density at radius 2 is 1.90 bits per heavy atom. The van der Waals surface area contributed by atoms with Crippen LogP contribution in [0.2, 0.25) is 5.02 Å². The minimum absolute atomic E-state index is 0.249. The highest BCUT2D eigenvalue weighted by molar-refractivity contribution is 7.99. The minimum atomic E-state index is -0.964. The van der Waals surface area contributed by atoms with E-state index in [1.54, 1.807) is 18.1 Å². The molecule has 1 heterocycles. The second kappa shape index (κ2) is 9.73. The molecule has 2 aromatic carbocycles. The molecule has 0 bridgehead atoms. The normalized spacial score (nSPS) is 18.7. The Morgan fingerprint density at radius 3 is 2.50 bits per heavy atom. The Hall–Kier alpha value is -2.22. The maximum atomic E-state index is 13.6. The number of amides is 1. The van der Waals surface area contributed by atoms with E-state index in [-0.39, 0.29) is 5.91 Å². The molecule has 1 aliphatic heterocycles. The first-order valence-corrected chi connectivity index (χ1v) is 10.8. The van der Waals surface area contributed by atoms with Crippen molar-refractivity contribution in [3.8, 4) is 5.75 Å². The van der Waals surface area contributed by atoms with Crippen LogP contribution in [0.3, 0.4) is 0 Å². The average molecular weight is 449 g/mol. The van der Waals surface area contributed by atoms with Crippen LogP contribution >= 0.6 is 23.4 Å². The standard InChI is InChI=1S/C22H25ClN2O4S/c1-14(26)29-20-21(15-5-8-17(28-4)9-6-15)30-19-13-16(23)7-10-18(19)25(22(20)27)12-11-24(2)3/h5-10,13,20-21H,11-12H2,1-4H3/t20-,21+/m0/s1. The molecule has 0 spiro atoms. The van der Waals surface area contributed by atoms with Crippen molar-refractivity contribution in [3.05, 3.63) is 53.1 Å². The number of thioether (sulfide) groups is 1. The van der Waals surface area contributed by atoms with Crippen molar-refractivity contribution >= 4 is 40.9 Å². The fraction of sp³-hybridized carbons (Fsp3) is 0.364. The number of carbonyl (C=O) groups is 2. The number of ether oxygens (including phenoxy) is 2. The van der Waals surface area contributed by atoms with Gasteiger partial charge in [0.25, 0.3) is 5.91 Å². The minimum Gasteiger partial charge on any atom is -0.497 e. The van der Waals surface area contributed by atoms with E-state index < -0.39 is 17.3 Å². The van der Waals surface area contributed by atoms with E-state index >= 15 is 0 Å². The molecule has 2 atom stereocenters. The molecule has 160 valence electrons. The third kappa shape index (κ3) is 5.09. The van der Waals surface area contributed by atoms with Crippen molar-refractivity contribution in [2.75, 3.05) is 39.2 Å². The predicted molar refractivity (Wildman–Crippen MR) is 120 cm³/mol. The summed E-state index contributed by atoms with van der Waals surface area (Å²) in [6.45, 7) is 2.45. The van der Waals surface area contributed by atoms with Gasteiger partial charge in [-0.15, -0.1) is 11.8 Å². The van der Waals surface area contributed by atoms with Gasteiger partial charge in [-0.1, -0.05) is 23.7 Å². The zero-order valence-electron chi connectivity index (χ0n) is 17.4. The van der Waals surface area contributed by atoms with Crippen molar-refractivity contribution in [1.82, 2.24) is 4.90 Å². The summed E-state index contributed by atoms with van der Waals surface area (Å²) in [5.41, 5.74) is 1.63. The van der Waals surface area contributed by atoms with Crippen molar-refractivity contribution in [2.45, 2.75) is 23.2 Å². The lowest BCUT2D eigenvalue weighted by atomic mass is 10.1. The van der Waals surface area contributed by atoms with E-state index in [0.29, 0.717) is 23.9 Å². The molecule has 3 rings (SSSR count). The number of likely N-dealkylation sites (N-methyl/N-ethyl adjacent to an activating group) is 1. The summed E-state index contributed by atoms with van der Waals surface area (Å²) in [7, 11) is 5.49. The molecule has 0 fully saturated rings. The van der Waals surface area contributed by atoms with Gasteiger partial charge >= 0.3 is 5.97 Å². The number of benzene rings is 2. The fourth-order valence-electron chi connectivity index (χ4n) is 3.26. The highest BCUT2D eigenvalue weighted by Crippen LogP contribution is 2.47. The molecule has 0 N–H and O–H groups in total. The SMILES string of the molecule is COc1ccc([C@H]2Sc3cc(Cl)ccc3N(CCN(C)C)C(=O)[C@H]2OC(C)=O)cc1. The van der Waals surface area contributed by atoms with Gasteiger partial charge in [0.05, 0.1) is 18.0 Å². The summed E-state index contributed by atoms with van der Waals surface area (Å²) in [4.78, 5) is 30.1. The van der Waals surface area contributed by atoms with Crippen LogP contribution in [0.5, 0.6) is 5.75 Å². The van der Waals surface area contributed by atoms with Gasteiger partial charge in [0, 0.05) is 29.9 Å². The van der Waals surface area contributed by atoms with Crippen LogP contribution in [0, 0.1) is 0 Å². The molecule has 8 heteroatoms. The Morgan fingerprint density at radius 1 is 1.20 bits per heavy atom. The van der Waals surface area contributed by atoms with Crippen LogP contribution in [0.4, 0.5) is 5.69 Å². The topological polar surface area (TPSA) is 59.1 Å². The Kier molecular flexibility index (Phi) is 7.28. The van der Waals surface area contributed by atoms with Crippen molar-refractivity contribution < 1.29 is 19.1 Å². The first kappa shape index (κ1) is 22.5. The van der Waals surface area contributed by atoms with Crippen LogP contribution in [0.15, 0.2) is 47.4 Å². The number of halogens is 1. The van der Waals surface area contributed by atoms with E-state index in [0.717, 1.165) is 16.1 Å². The van der Waals surface area contributed by atoms with Crippen LogP contribution in [0.25, 0.3) is 0 Å². The molecule has 30 heavy (non-hydrogen) atoms. The van der Waals surface area contributed by atoms with Gasteiger partial charge in [0.1, 0.15) is 5.75 Å². The van der Waals surface area contributed by atoms with Crippen molar-refractivity contribution in [3.63, 3.8) is 0 Å². The summed E-state index contributed by atoms with van der Waals surface area (Å²) in [5.74, 6) is -0.0331. The number of hydrogen-bond donors (Lipinski definition) is 0. The Balaban J connectivity index is 2.09. The zero-order valence-corrected chi connectivity index (χ0v) is 19.0.